The number of nitrogens with zero attached hydrogens (tertiary/aromatic N) is 5. The zero-order valence-electron chi connectivity index (χ0n) is 17.6. The average Bonchev–Trinajstić information content (AvgIpc) is 3.17. The Hall–Kier alpha value is -3.00. The Morgan fingerprint density at radius 1 is 1.10 bits per heavy atom. The molecule has 1 N–H and O–H groups in total. The molecule has 4 rings (SSSR count). The number of hydrogen-bond acceptors (Lipinski definition) is 7. The summed E-state index contributed by atoms with van der Waals surface area (Å²) in [5, 5.41) is 3.83. The quantitative estimate of drug-likeness (QED) is 0.664. The fourth-order valence-corrected chi connectivity index (χ4v) is 4.50. The van der Waals surface area contributed by atoms with Crippen molar-refractivity contribution in [2.24, 2.45) is 0 Å². The lowest BCUT2D eigenvalue weighted by Crippen LogP contribution is -2.31. The summed E-state index contributed by atoms with van der Waals surface area (Å²) in [6, 6.07) is 9.90. The van der Waals surface area contributed by atoms with Crippen molar-refractivity contribution in [2.75, 3.05) is 42.3 Å². The summed E-state index contributed by atoms with van der Waals surface area (Å²) >= 11 is 1.39. The number of anilines is 3. The fraction of sp³-hybridized carbons (Fsp3) is 0.364. The van der Waals surface area contributed by atoms with Crippen molar-refractivity contribution in [3.05, 3.63) is 47.1 Å². The molecule has 1 aliphatic heterocycles. The van der Waals surface area contributed by atoms with Crippen LogP contribution >= 0.6 is 11.3 Å². The third-order valence-electron chi connectivity index (χ3n) is 5.09. The Bertz CT molecular complexity index is 1030. The molecule has 1 aromatic carbocycles. The van der Waals surface area contributed by atoms with Crippen LogP contribution in [0.4, 0.5) is 17.5 Å². The number of benzene rings is 1. The van der Waals surface area contributed by atoms with Crippen LogP contribution in [0.2, 0.25) is 0 Å². The highest BCUT2D eigenvalue weighted by Gasteiger charge is 2.21. The third-order valence-corrected chi connectivity index (χ3v) is 6.30. The van der Waals surface area contributed by atoms with Crippen molar-refractivity contribution < 1.29 is 4.79 Å². The van der Waals surface area contributed by atoms with Gasteiger partial charge in [0.1, 0.15) is 15.6 Å². The van der Waals surface area contributed by atoms with E-state index in [9.17, 15) is 4.79 Å². The van der Waals surface area contributed by atoms with Crippen molar-refractivity contribution in [1.82, 2.24) is 15.0 Å². The second-order valence-electron chi connectivity index (χ2n) is 7.60. The van der Waals surface area contributed by atoms with E-state index in [1.54, 1.807) is 6.20 Å². The topological polar surface area (TPSA) is 74.2 Å². The van der Waals surface area contributed by atoms with E-state index in [-0.39, 0.29) is 5.91 Å². The van der Waals surface area contributed by atoms with Crippen LogP contribution in [0.25, 0.3) is 10.6 Å². The lowest BCUT2D eigenvalue weighted by atomic mass is 10.1. The summed E-state index contributed by atoms with van der Waals surface area (Å²) in [6.07, 6.45) is 5.28. The Morgan fingerprint density at radius 3 is 2.53 bits per heavy atom. The van der Waals surface area contributed by atoms with Crippen molar-refractivity contribution >= 4 is 34.7 Å². The van der Waals surface area contributed by atoms with E-state index in [1.165, 1.54) is 17.8 Å². The molecule has 3 heterocycles. The smallest absolute Gasteiger partial charge is 0.267 e. The van der Waals surface area contributed by atoms with Crippen molar-refractivity contribution in [3.63, 3.8) is 0 Å². The first kappa shape index (κ1) is 20.3. The monoisotopic (exact) mass is 422 g/mol. The second kappa shape index (κ2) is 8.79. The van der Waals surface area contributed by atoms with Gasteiger partial charge in [0.15, 0.2) is 5.82 Å². The summed E-state index contributed by atoms with van der Waals surface area (Å²) in [6.45, 7) is 3.81. The zero-order valence-corrected chi connectivity index (χ0v) is 18.4. The maximum atomic E-state index is 13.0. The van der Waals surface area contributed by atoms with Crippen LogP contribution in [0.3, 0.4) is 0 Å². The summed E-state index contributed by atoms with van der Waals surface area (Å²) in [7, 11) is 3.84. The lowest BCUT2D eigenvalue weighted by Gasteiger charge is -2.28. The summed E-state index contributed by atoms with van der Waals surface area (Å²) in [4.78, 5) is 31.6. The van der Waals surface area contributed by atoms with E-state index in [0.717, 1.165) is 42.5 Å². The standard InChI is InChI=1S/C22H26N6OS/c1-15-18(30-21(24-15)16-10-6-4-7-11-16)20(29)25-17-14-23-22(26-19(17)27(2)3)28-12-8-5-9-13-28/h4,6-7,10-11,14H,5,8-9,12-13H2,1-3H3,(H,25,29). The van der Waals surface area contributed by atoms with Gasteiger partial charge in [0.25, 0.3) is 5.91 Å². The predicted octanol–water partition coefficient (Wildman–Crippen LogP) is 4.22. The Kier molecular flexibility index (Phi) is 5.94. The number of hydrogen-bond donors (Lipinski definition) is 1. The molecular formula is C22H26N6OS. The molecule has 156 valence electrons. The van der Waals surface area contributed by atoms with Gasteiger partial charge in [0.2, 0.25) is 5.95 Å². The van der Waals surface area contributed by atoms with Gasteiger partial charge in [0, 0.05) is 32.7 Å². The number of carbonyl (C=O) groups excluding carboxylic acids is 1. The van der Waals surface area contributed by atoms with Crippen LogP contribution in [0.5, 0.6) is 0 Å². The van der Waals surface area contributed by atoms with Gasteiger partial charge in [-0.3, -0.25) is 4.79 Å². The van der Waals surface area contributed by atoms with Crippen LogP contribution in [-0.4, -0.2) is 48.0 Å². The number of carbonyl (C=O) groups is 1. The van der Waals surface area contributed by atoms with E-state index in [1.807, 2.05) is 56.3 Å². The normalized spacial score (nSPS) is 13.9. The van der Waals surface area contributed by atoms with E-state index < -0.39 is 0 Å². The highest BCUT2D eigenvalue weighted by Crippen LogP contribution is 2.30. The van der Waals surface area contributed by atoms with Gasteiger partial charge in [-0.05, 0) is 26.2 Å². The molecule has 0 aliphatic carbocycles. The fourth-order valence-electron chi connectivity index (χ4n) is 3.53. The molecule has 2 aromatic heterocycles. The van der Waals surface area contributed by atoms with Crippen LogP contribution in [0.15, 0.2) is 36.5 Å². The van der Waals surface area contributed by atoms with Gasteiger partial charge in [0.05, 0.1) is 11.9 Å². The Morgan fingerprint density at radius 2 is 1.83 bits per heavy atom. The minimum atomic E-state index is -0.190. The molecule has 0 saturated carbocycles. The van der Waals surface area contributed by atoms with E-state index >= 15 is 0 Å². The molecular weight excluding hydrogens is 396 g/mol. The number of piperidine rings is 1. The molecule has 7 nitrogen and oxygen atoms in total. The first-order valence-corrected chi connectivity index (χ1v) is 11.0. The number of thiazole rings is 1. The maximum Gasteiger partial charge on any atom is 0.267 e. The van der Waals surface area contributed by atoms with Gasteiger partial charge >= 0.3 is 0 Å². The van der Waals surface area contributed by atoms with Crippen LogP contribution < -0.4 is 15.1 Å². The zero-order chi connectivity index (χ0) is 21.1. The van der Waals surface area contributed by atoms with Crippen LogP contribution in [0.1, 0.15) is 34.6 Å². The first-order valence-electron chi connectivity index (χ1n) is 10.2. The van der Waals surface area contributed by atoms with Crippen LogP contribution in [-0.2, 0) is 0 Å². The molecule has 30 heavy (non-hydrogen) atoms. The van der Waals surface area contributed by atoms with Gasteiger partial charge in [-0.1, -0.05) is 30.3 Å². The number of rotatable bonds is 5. The third kappa shape index (κ3) is 4.28. The SMILES string of the molecule is Cc1nc(-c2ccccc2)sc1C(=O)Nc1cnc(N2CCCCC2)nc1N(C)C. The molecule has 0 bridgehead atoms. The van der Waals surface area contributed by atoms with Gasteiger partial charge in [-0.25, -0.2) is 9.97 Å². The number of aromatic nitrogens is 3. The summed E-state index contributed by atoms with van der Waals surface area (Å²) < 4.78 is 0. The van der Waals surface area contributed by atoms with E-state index in [4.69, 9.17) is 4.98 Å². The molecule has 1 saturated heterocycles. The first-order chi connectivity index (χ1) is 14.5. The molecule has 1 amide bonds. The van der Waals surface area contributed by atoms with Crippen molar-refractivity contribution in [2.45, 2.75) is 26.2 Å². The molecule has 0 unspecified atom stereocenters. The highest BCUT2D eigenvalue weighted by molar-refractivity contribution is 7.17. The molecule has 0 atom stereocenters. The van der Waals surface area contributed by atoms with Crippen molar-refractivity contribution in [1.29, 1.82) is 0 Å². The Balaban J connectivity index is 1.58. The number of amides is 1. The maximum absolute atomic E-state index is 13.0. The highest BCUT2D eigenvalue weighted by atomic mass is 32.1. The molecule has 1 aliphatic rings. The minimum absolute atomic E-state index is 0.190. The van der Waals surface area contributed by atoms with E-state index in [2.05, 4.69) is 20.2 Å². The minimum Gasteiger partial charge on any atom is -0.361 e. The number of nitrogens with one attached hydrogen (secondary N) is 1. The Labute approximate surface area is 180 Å². The molecule has 0 radical (unpaired) electrons. The largest absolute Gasteiger partial charge is 0.361 e. The van der Waals surface area contributed by atoms with Crippen molar-refractivity contribution in [3.8, 4) is 10.6 Å². The van der Waals surface area contributed by atoms with Gasteiger partial charge in [-0.2, -0.15) is 4.98 Å². The van der Waals surface area contributed by atoms with Crippen LogP contribution in [0, 0.1) is 6.92 Å². The van der Waals surface area contributed by atoms with Gasteiger partial charge in [-0.15, -0.1) is 11.3 Å². The second-order valence-corrected chi connectivity index (χ2v) is 8.60. The van der Waals surface area contributed by atoms with E-state index in [0.29, 0.717) is 22.1 Å². The molecule has 1 fully saturated rings. The molecule has 8 heteroatoms. The molecule has 3 aromatic rings. The van der Waals surface area contributed by atoms with Gasteiger partial charge < -0.3 is 15.1 Å². The number of aryl methyl sites for hydroxylation is 1. The summed E-state index contributed by atoms with van der Waals surface area (Å²) in [5.41, 5.74) is 2.32. The lowest BCUT2D eigenvalue weighted by molar-refractivity contribution is 0.102. The summed E-state index contributed by atoms with van der Waals surface area (Å²) in [5.74, 6) is 1.23. The molecule has 0 spiro atoms. The predicted molar refractivity (Wildman–Crippen MR) is 123 cm³/mol. The average molecular weight is 423 g/mol.